The van der Waals surface area contributed by atoms with E-state index in [-0.39, 0.29) is 5.78 Å². The van der Waals surface area contributed by atoms with Crippen molar-refractivity contribution in [3.8, 4) is 5.75 Å². The van der Waals surface area contributed by atoms with Gasteiger partial charge in [-0.3, -0.25) is 4.79 Å². The van der Waals surface area contributed by atoms with Gasteiger partial charge in [0.1, 0.15) is 11.5 Å². The predicted octanol–water partition coefficient (Wildman–Crippen LogP) is 2.63. The molecule has 0 saturated carbocycles. The molecule has 0 N–H and O–H groups in total. The van der Waals surface area contributed by atoms with Crippen LogP contribution in [-0.2, 0) is 18.3 Å². The Bertz CT molecular complexity index is 581. The van der Waals surface area contributed by atoms with Crippen LogP contribution < -0.4 is 4.74 Å². The Balaban J connectivity index is 2.76. The molecule has 1 heterocycles. The Hall–Kier alpha value is -1.77. The average Bonchev–Trinajstić information content (AvgIpc) is 2.57. The molecular weight excluding hydrogens is 214 g/mol. The third-order valence-electron chi connectivity index (χ3n) is 3.03. The maximum Gasteiger partial charge on any atom is 0.143 e. The van der Waals surface area contributed by atoms with Crippen molar-refractivity contribution in [3.63, 3.8) is 0 Å². The van der Waals surface area contributed by atoms with Crippen molar-refractivity contribution in [1.82, 2.24) is 4.57 Å². The van der Waals surface area contributed by atoms with Crippen molar-refractivity contribution in [3.05, 3.63) is 29.5 Å². The summed E-state index contributed by atoms with van der Waals surface area (Å²) >= 11 is 0. The summed E-state index contributed by atoms with van der Waals surface area (Å²) < 4.78 is 7.40. The fraction of sp³-hybridized carbons (Fsp3) is 0.357. The Kier molecular flexibility index (Phi) is 2.92. The van der Waals surface area contributed by atoms with E-state index in [9.17, 15) is 4.79 Å². The zero-order chi connectivity index (χ0) is 12.6. The van der Waals surface area contributed by atoms with Crippen LogP contribution in [0.5, 0.6) is 5.75 Å². The first-order valence-electron chi connectivity index (χ1n) is 5.65. The highest BCUT2D eigenvalue weighted by molar-refractivity contribution is 5.94. The van der Waals surface area contributed by atoms with E-state index in [1.807, 2.05) is 29.9 Å². The normalized spacial score (nSPS) is 10.8. The van der Waals surface area contributed by atoms with Gasteiger partial charge in [-0.05, 0) is 31.0 Å². The number of fused-ring (bicyclic) bond motifs is 1. The first-order valence-corrected chi connectivity index (χ1v) is 5.65. The van der Waals surface area contributed by atoms with Gasteiger partial charge in [0.05, 0.1) is 12.6 Å². The van der Waals surface area contributed by atoms with Gasteiger partial charge in [-0.2, -0.15) is 0 Å². The minimum Gasteiger partial charge on any atom is -0.495 e. The molecule has 90 valence electrons. The van der Waals surface area contributed by atoms with Gasteiger partial charge in [-0.25, -0.2) is 0 Å². The van der Waals surface area contributed by atoms with Gasteiger partial charge in [-0.1, -0.05) is 6.07 Å². The highest BCUT2D eigenvalue weighted by Crippen LogP contribution is 2.32. The maximum absolute atomic E-state index is 11.3. The minimum atomic E-state index is 0.180. The van der Waals surface area contributed by atoms with Crippen molar-refractivity contribution in [2.24, 2.45) is 7.05 Å². The fourth-order valence-corrected chi connectivity index (χ4v) is 2.36. The molecule has 17 heavy (non-hydrogen) atoms. The standard InChI is InChI=1S/C14H17NO2/c1-9-5-6-12(17-4)14-13(9)11(7-10(2)16)8-15(14)3/h5-6,8H,7H2,1-4H3. The van der Waals surface area contributed by atoms with E-state index in [0.29, 0.717) is 6.42 Å². The number of ketones is 1. The maximum atomic E-state index is 11.3. The summed E-state index contributed by atoms with van der Waals surface area (Å²) in [6.45, 7) is 3.68. The van der Waals surface area contributed by atoms with E-state index >= 15 is 0 Å². The topological polar surface area (TPSA) is 31.2 Å². The van der Waals surface area contributed by atoms with Crippen molar-refractivity contribution in [2.45, 2.75) is 20.3 Å². The van der Waals surface area contributed by atoms with Gasteiger partial charge in [0, 0.05) is 25.1 Å². The molecule has 0 amide bonds. The fourth-order valence-electron chi connectivity index (χ4n) is 2.36. The molecule has 3 heteroatoms. The smallest absolute Gasteiger partial charge is 0.143 e. The van der Waals surface area contributed by atoms with Crippen LogP contribution in [0, 0.1) is 6.92 Å². The quantitative estimate of drug-likeness (QED) is 0.813. The highest BCUT2D eigenvalue weighted by Gasteiger charge is 2.14. The predicted molar refractivity (Wildman–Crippen MR) is 68.6 cm³/mol. The van der Waals surface area contributed by atoms with Crippen molar-refractivity contribution in [1.29, 1.82) is 0 Å². The Morgan fingerprint density at radius 1 is 1.41 bits per heavy atom. The van der Waals surface area contributed by atoms with E-state index in [0.717, 1.165) is 22.2 Å². The van der Waals surface area contributed by atoms with Crippen LogP contribution >= 0.6 is 0 Å². The minimum absolute atomic E-state index is 0.180. The highest BCUT2D eigenvalue weighted by atomic mass is 16.5. The second-order valence-corrected chi connectivity index (χ2v) is 4.45. The molecule has 0 atom stereocenters. The van der Waals surface area contributed by atoms with E-state index < -0.39 is 0 Å². The molecule has 0 aliphatic heterocycles. The van der Waals surface area contributed by atoms with Gasteiger partial charge in [0.25, 0.3) is 0 Å². The number of aryl methyl sites for hydroxylation is 2. The van der Waals surface area contributed by atoms with Crippen molar-refractivity contribution in [2.75, 3.05) is 7.11 Å². The van der Waals surface area contributed by atoms with Crippen molar-refractivity contribution >= 4 is 16.7 Å². The zero-order valence-corrected chi connectivity index (χ0v) is 10.7. The third kappa shape index (κ3) is 1.93. The van der Waals surface area contributed by atoms with Crippen LogP contribution in [0.4, 0.5) is 0 Å². The first-order chi connectivity index (χ1) is 8.04. The summed E-state index contributed by atoms with van der Waals surface area (Å²) in [7, 11) is 3.65. The number of hydrogen-bond donors (Lipinski definition) is 0. The van der Waals surface area contributed by atoms with Gasteiger partial charge in [-0.15, -0.1) is 0 Å². The number of nitrogens with zero attached hydrogens (tertiary/aromatic N) is 1. The van der Waals surface area contributed by atoms with Gasteiger partial charge >= 0.3 is 0 Å². The summed E-state index contributed by atoms with van der Waals surface area (Å²) in [5.41, 5.74) is 3.31. The number of carbonyl (C=O) groups is 1. The zero-order valence-electron chi connectivity index (χ0n) is 10.7. The number of hydrogen-bond acceptors (Lipinski definition) is 2. The van der Waals surface area contributed by atoms with E-state index in [4.69, 9.17) is 4.74 Å². The SMILES string of the molecule is COc1ccc(C)c2c(CC(C)=O)cn(C)c12. The van der Waals surface area contributed by atoms with Crippen LogP contribution in [0.2, 0.25) is 0 Å². The van der Waals surface area contributed by atoms with Crippen LogP contribution in [0.1, 0.15) is 18.1 Å². The lowest BCUT2D eigenvalue weighted by molar-refractivity contribution is -0.116. The molecule has 2 rings (SSSR count). The molecular formula is C14H17NO2. The summed E-state index contributed by atoms with van der Waals surface area (Å²) in [6.07, 6.45) is 2.49. The van der Waals surface area contributed by atoms with E-state index in [1.54, 1.807) is 14.0 Å². The summed E-state index contributed by atoms with van der Waals surface area (Å²) in [5, 5.41) is 1.14. The van der Waals surface area contributed by atoms with Gasteiger partial charge in [0.15, 0.2) is 0 Å². The average molecular weight is 231 g/mol. The number of benzene rings is 1. The van der Waals surface area contributed by atoms with Crippen molar-refractivity contribution < 1.29 is 9.53 Å². The number of carbonyl (C=O) groups excluding carboxylic acids is 1. The van der Waals surface area contributed by atoms with E-state index in [2.05, 4.69) is 6.92 Å². The van der Waals surface area contributed by atoms with Crippen LogP contribution in [0.3, 0.4) is 0 Å². The molecule has 0 bridgehead atoms. The van der Waals surface area contributed by atoms with Crippen LogP contribution in [0.15, 0.2) is 18.3 Å². The summed E-state index contributed by atoms with van der Waals surface area (Å²) in [4.78, 5) is 11.3. The molecule has 0 aliphatic carbocycles. The molecule has 0 saturated heterocycles. The lowest BCUT2D eigenvalue weighted by atomic mass is 10.0. The summed E-state index contributed by atoms with van der Waals surface area (Å²) in [5.74, 6) is 1.03. The van der Waals surface area contributed by atoms with Gasteiger partial charge in [0.2, 0.25) is 0 Å². The lowest BCUT2D eigenvalue weighted by Crippen LogP contribution is -1.95. The molecule has 1 aromatic carbocycles. The summed E-state index contributed by atoms with van der Waals surface area (Å²) in [6, 6.07) is 4.00. The number of ether oxygens (including phenoxy) is 1. The Labute approximate surface area is 101 Å². The first kappa shape index (κ1) is 11.7. The molecule has 0 fully saturated rings. The second-order valence-electron chi connectivity index (χ2n) is 4.45. The molecule has 0 aliphatic rings. The molecule has 2 aromatic rings. The van der Waals surface area contributed by atoms with E-state index in [1.165, 1.54) is 5.56 Å². The monoisotopic (exact) mass is 231 g/mol. The lowest BCUT2D eigenvalue weighted by Gasteiger charge is -2.06. The molecule has 0 spiro atoms. The van der Waals surface area contributed by atoms with Crippen LogP contribution in [0.25, 0.3) is 10.9 Å². The molecule has 0 unspecified atom stereocenters. The number of aromatic nitrogens is 1. The number of Topliss-reactive ketones (excluding diaryl/α,β-unsaturated/α-hetero) is 1. The second kappa shape index (κ2) is 4.24. The molecule has 3 nitrogen and oxygen atoms in total. The largest absolute Gasteiger partial charge is 0.495 e. The number of methoxy groups -OCH3 is 1. The molecule has 1 aromatic heterocycles. The Morgan fingerprint density at radius 3 is 2.71 bits per heavy atom. The van der Waals surface area contributed by atoms with Gasteiger partial charge < -0.3 is 9.30 Å². The van der Waals surface area contributed by atoms with Crippen LogP contribution in [-0.4, -0.2) is 17.5 Å². The number of rotatable bonds is 3. The molecule has 0 radical (unpaired) electrons. The Morgan fingerprint density at radius 2 is 2.12 bits per heavy atom. The third-order valence-corrected chi connectivity index (χ3v) is 3.03.